The van der Waals surface area contributed by atoms with Crippen LogP contribution in [-0.2, 0) is 25.6 Å². The molecule has 1 fully saturated rings. The summed E-state index contributed by atoms with van der Waals surface area (Å²) >= 11 is 0. The van der Waals surface area contributed by atoms with Gasteiger partial charge in [-0.05, 0) is 24.6 Å². The first-order valence-electron chi connectivity index (χ1n) is 11.5. The molecule has 3 aromatic rings. The lowest BCUT2D eigenvalue weighted by Crippen LogP contribution is -2.38. The van der Waals surface area contributed by atoms with Crippen LogP contribution >= 0.6 is 0 Å². The fraction of sp³-hybridized carbons (Fsp3) is 0.346. The first-order valence-corrected chi connectivity index (χ1v) is 11.5. The van der Waals surface area contributed by atoms with Crippen molar-refractivity contribution >= 4 is 28.6 Å². The number of amides is 1. The Balaban J connectivity index is 1.54. The molecule has 1 amide bonds. The molecule has 0 saturated carbocycles. The van der Waals surface area contributed by atoms with E-state index in [1.165, 1.54) is 0 Å². The number of ether oxygens (including phenoxy) is 3. The SMILES string of the molecule is Cc1c(C(=O)C(N)=O)c2c(OCC(=O)OCCN3CCOCC3)cccc2n1Cc1ccccc1. The molecule has 184 valence electrons. The molecular weight excluding hydrogens is 450 g/mol. The molecule has 0 bridgehead atoms. The maximum Gasteiger partial charge on any atom is 0.344 e. The minimum atomic E-state index is -1.05. The average molecular weight is 480 g/mol. The number of Topliss-reactive ketones (excluding diaryl/α,β-unsaturated/α-hetero) is 1. The van der Waals surface area contributed by atoms with E-state index in [1.54, 1.807) is 19.1 Å². The summed E-state index contributed by atoms with van der Waals surface area (Å²) < 4.78 is 18.3. The zero-order chi connectivity index (χ0) is 24.8. The summed E-state index contributed by atoms with van der Waals surface area (Å²) in [6.07, 6.45) is 0. The molecular formula is C26H29N3O6. The van der Waals surface area contributed by atoms with E-state index in [0.717, 1.165) is 18.7 Å². The van der Waals surface area contributed by atoms with Crippen LogP contribution in [0.2, 0.25) is 0 Å². The Morgan fingerprint density at radius 3 is 2.49 bits per heavy atom. The summed E-state index contributed by atoms with van der Waals surface area (Å²) in [5.74, 6) is -2.06. The second kappa shape index (κ2) is 11.2. The Bertz CT molecular complexity index is 1210. The number of nitrogens with zero attached hydrogens (tertiary/aromatic N) is 2. The van der Waals surface area contributed by atoms with Crippen molar-refractivity contribution in [3.63, 3.8) is 0 Å². The lowest BCUT2D eigenvalue weighted by molar-refractivity contribution is -0.146. The number of esters is 1. The minimum Gasteiger partial charge on any atom is -0.481 e. The van der Waals surface area contributed by atoms with Crippen LogP contribution < -0.4 is 10.5 Å². The van der Waals surface area contributed by atoms with Crippen LogP contribution in [0.5, 0.6) is 5.75 Å². The highest BCUT2D eigenvalue weighted by Crippen LogP contribution is 2.34. The summed E-state index contributed by atoms with van der Waals surface area (Å²) in [7, 11) is 0. The second-order valence-electron chi connectivity index (χ2n) is 8.34. The van der Waals surface area contributed by atoms with E-state index >= 15 is 0 Å². The lowest BCUT2D eigenvalue weighted by Gasteiger charge is -2.26. The van der Waals surface area contributed by atoms with Gasteiger partial charge in [0, 0.05) is 31.9 Å². The quantitative estimate of drug-likeness (QED) is 0.269. The first-order chi connectivity index (χ1) is 17.0. The first kappa shape index (κ1) is 24.4. The van der Waals surface area contributed by atoms with Gasteiger partial charge in [-0.1, -0.05) is 36.4 Å². The number of rotatable bonds is 10. The molecule has 2 N–H and O–H groups in total. The Kier molecular flexibility index (Phi) is 7.79. The maximum atomic E-state index is 12.8. The molecule has 9 heteroatoms. The lowest BCUT2D eigenvalue weighted by atomic mass is 10.1. The summed E-state index contributed by atoms with van der Waals surface area (Å²) in [5, 5.41) is 0.450. The summed E-state index contributed by atoms with van der Waals surface area (Å²) in [6, 6.07) is 15.0. The van der Waals surface area contributed by atoms with E-state index in [9.17, 15) is 14.4 Å². The molecule has 0 spiro atoms. The molecule has 1 aliphatic rings. The number of benzene rings is 2. The normalized spacial score (nSPS) is 14.1. The highest BCUT2D eigenvalue weighted by molar-refractivity contribution is 6.45. The molecule has 0 unspecified atom stereocenters. The van der Waals surface area contributed by atoms with Crippen molar-refractivity contribution in [2.75, 3.05) is 46.1 Å². The summed E-state index contributed by atoms with van der Waals surface area (Å²) in [5.41, 5.74) is 7.86. The van der Waals surface area contributed by atoms with Crippen molar-refractivity contribution in [3.8, 4) is 5.75 Å². The van der Waals surface area contributed by atoms with Gasteiger partial charge in [0.15, 0.2) is 6.61 Å². The van der Waals surface area contributed by atoms with Gasteiger partial charge in [0.25, 0.3) is 11.7 Å². The van der Waals surface area contributed by atoms with E-state index in [1.807, 2.05) is 41.0 Å². The maximum absolute atomic E-state index is 12.8. The fourth-order valence-electron chi connectivity index (χ4n) is 4.28. The molecule has 35 heavy (non-hydrogen) atoms. The molecule has 0 radical (unpaired) electrons. The van der Waals surface area contributed by atoms with Crippen LogP contribution in [0.25, 0.3) is 10.9 Å². The van der Waals surface area contributed by atoms with Crippen LogP contribution in [0, 0.1) is 6.92 Å². The van der Waals surface area contributed by atoms with Crippen LogP contribution in [0.15, 0.2) is 48.5 Å². The third kappa shape index (κ3) is 5.70. The molecule has 0 atom stereocenters. The number of hydrogen-bond donors (Lipinski definition) is 1. The van der Waals surface area contributed by atoms with Gasteiger partial charge < -0.3 is 24.5 Å². The molecule has 4 rings (SSSR count). The standard InChI is InChI=1S/C26H29N3O6/c1-18-23(25(31)26(27)32)24-20(29(18)16-19-6-3-2-4-7-19)8-5-9-21(24)35-17-22(30)34-15-12-28-10-13-33-14-11-28/h2-9H,10-17H2,1H3,(H2,27,32). The number of ketones is 1. The van der Waals surface area contributed by atoms with E-state index in [-0.39, 0.29) is 18.8 Å². The van der Waals surface area contributed by atoms with Crippen molar-refractivity contribution in [2.45, 2.75) is 13.5 Å². The van der Waals surface area contributed by atoms with Gasteiger partial charge in [-0.2, -0.15) is 0 Å². The van der Waals surface area contributed by atoms with Gasteiger partial charge in [-0.3, -0.25) is 14.5 Å². The van der Waals surface area contributed by atoms with Crippen molar-refractivity contribution in [1.29, 1.82) is 0 Å². The van der Waals surface area contributed by atoms with Crippen molar-refractivity contribution in [3.05, 3.63) is 65.4 Å². The monoisotopic (exact) mass is 479 g/mol. The zero-order valence-electron chi connectivity index (χ0n) is 19.7. The van der Waals surface area contributed by atoms with E-state index in [0.29, 0.717) is 48.6 Å². The molecule has 1 saturated heterocycles. The van der Waals surface area contributed by atoms with E-state index in [2.05, 4.69) is 4.90 Å². The highest BCUT2D eigenvalue weighted by atomic mass is 16.6. The number of primary amides is 1. The molecule has 2 heterocycles. The molecule has 9 nitrogen and oxygen atoms in total. The Hall–Kier alpha value is -3.69. The number of hydrogen-bond acceptors (Lipinski definition) is 7. The van der Waals surface area contributed by atoms with Crippen LogP contribution in [-0.4, -0.2) is 73.2 Å². The van der Waals surface area contributed by atoms with Crippen molar-refractivity contribution in [1.82, 2.24) is 9.47 Å². The van der Waals surface area contributed by atoms with Gasteiger partial charge in [0.1, 0.15) is 12.4 Å². The third-order valence-electron chi connectivity index (χ3n) is 6.07. The Morgan fingerprint density at radius 1 is 1.03 bits per heavy atom. The molecule has 0 aliphatic carbocycles. The Labute approximate surface area is 203 Å². The minimum absolute atomic E-state index is 0.180. The molecule has 2 aromatic carbocycles. The number of aromatic nitrogens is 1. The van der Waals surface area contributed by atoms with Gasteiger partial charge >= 0.3 is 5.97 Å². The highest BCUT2D eigenvalue weighted by Gasteiger charge is 2.26. The number of carbonyl (C=O) groups is 3. The van der Waals surface area contributed by atoms with Crippen molar-refractivity contribution < 1.29 is 28.6 Å². The summed E-state index contributed by atoms with van der Waals surface area (Å²) in [6.45, 7) is 5.79. The molecule has 1 aromatic heterocycles. The van der Waals surface area contributed by atoms with E-state index in [4.69, 9.17) is 19.9 Å². The Morgan fingerprint density at radius 2 is 1.77 bits per heavy atom. The number of nitrogens with two attached hydrogens (primary N) is 1. The fourth-order valence-corrected chi connectivity index (χ4v) is 4.28. The topological polar surface area (TPSA) is 113 Å². The smallest absolute Gasteiger partial charge is 0.344 e. The van der Waals surface area contributed by atoms with Crippen LogP contribution in [0.1, 0.15) is 21.6 Å². The van der Waals surface area contributed by atoms with Gasteiger partial charge in [-0.25, -0.2) is 4.79 Å². The number of fused-ring (bicyclic) bond motifs is 1. The van der Waals surface area contributed by atoms with Crippen LogP contribution in [0.3, 0.4) is 0 Å². The van der Waals surface area contributed by atoms with Crippen molar-refractivity contribution in [2.24, 2.45) is 5.73 Å². The number of morpholine rings is 1. The van der Waals surface area contributed by atoms with Crippen LogP contribution in [0.4, 0.5) is 0 Å². The van der Waals surface area contributed by atoms with E-state index < -0.39 is 17.7 Å². The predicted molar refractivity (Wildman–Crippen MR) is 129 cm³/mol. The average Bonchev–Trinajstić information content (AvgIpc) is 3.15. The predicted octanol–water partition coefficient (Wildman–Crippen LogP) is 1.92. The van der Waals surface area contributed by atoms with Gasteiger partial charge in [-0.15, -0.1) is 0 Å². The van der Waals surface area contributed by atoms with Gasteiger partial charge in [0.2, 0.25) is 0 Å². The number of carbonyl (C=O) groups excluding carboxylic acids is 3. The second-order valence-corrected chi connectivity index (χ2v) is 8.34. The largest absolute Gasteiger partial charge is 0.481 e. The molecule has 1 aliphatic heterocycles. The summed E-state index contributed by atoms with van der Waals surface area (Å²) in [4.78, 5) is 39.1. The zero-order valence-corrected chi connectivity index (χ0v) is 19.7. The third-order valence-corrected chi connectivity index (χ3v) is 6.07. The van der Waals surface area contributed by atoms with Gasteiger partial charge in [0.05, 0.1) is 29.7 Å².